The lowest BCUT2D eigenvalue weighted by molar-refractivity contribution is 0.253. The molecule has 18 heavy (non-hydrogen) atoms. The molecule has 0 radical (unpaired) electrons. The number of anilines is 1. The number of sulfonamides is 1. The minimum Gasteiger partial charge on any atom is -0.398 e. The van der Waals surface area contributed by atoms with E-state index in [4.69, 9.17) is 10.8 Å². The van der Waals surface area contributed by atoms with Gasteiger partial charge >= 0.3 is 0 Å². The topological polar surface area (TPSA) is 92.4 Å². The van der Waals surface area contributed by atoms with Crippen LogP contribution in [0.25, 0.3) is 0 Å². The van der Waals surface area contributed by atoms with Crippen LogP contribution in [0.2, 0.25) is 0 Å². The number of aryl methyl sites for hydroxylation is 1. The maximum atomic E-state index is 13.6. The van der Waals surface area contributed by atoms with Crippen LogP contribution in [0.15, 0.2) is 17.0 Å². The van der Waals surface area contributed by atoms with Gasteiger partial charge in [-0.3, -0.25) is 0 Å². The highest BCUT2D eigenvalue weighted by Gasteiger charge is 2.23. The molecule has 0 spiro atoms. The quantitative estimate of drug-likeness (QED) is 0.692. The molecule has 0 aliphatic rings. The Morgan fingerprint density at radius 1 is 1.50 bits per heavy atom. The van der Waals surface area contributed by atoms with Crippen molar-refractivity contribution in [1.82, 2.24) is 4.72 Å². The second kappa shape index (κ2) is 5.64. The van der Waals surface area contributed by atoms with Gasteiger partial charge in [-0.05, 0) is 31.0 Å². The van der Waals surface area contributed by atoms with Gasteiger partial charge in [0.05, 0.1) is 6.61 Å². The van der Waals surface area contributed by atoms with E-state index in [0.29, 0.717) is 12.0 Å². The lowest BCUT2D eigenvalue weighted by atomic mass is 10.2. The molecule has 102 valence electrons. The number of nitrogens with one attached hydrogen (secondary N) is 1. The van der Waals surface area contributed by atoms with E-state index in [1.165, 1.54) is 0 Å². The molecule has 0 aromatic heterocycles. The third-order valence-electron chi connectivity index (χ3n) is 2.65. The summed E-state index contributed by atoms with van der Waals surface area (Å²) in [6.07, 6.45) is 0.401. The maximum Gasteiger partial charge on any atom is 0.243 e. The van der Waals surface area contributed by atoms with Crippen LogP contribution in [0.4, 0.5) is 10.1 Å². The Balaban J connectivity index is 3.16. The molecule has 7 heteroatoms. The smallest absolute Gasteiger partial charge is 0.243 e. The van der Waals surface area contributed by atoms with Crippen molar-refractivity contribution < 1.29 is 17.9 Å². The Morgan fingerprint density at radius 2 is 2.11 bits per heavy atom. The molecule has 0 aliphatic carbocycles. The Hall–Kier alpha value is -1.18. The van der Waals surface area contributed by atoms with Crippen molar-refractivity contribution in [1.29, 1.82) is 0 Å². The number of aliphatic hydroxyl groups excluding tert-OH is 1. The highest BCUT2D eigenvalue weighted by Crippen LogP contribution is 2.21. The maximum absolute atomic E-state index is 13.6. The number of hydrogen-bond acceptors (Lipinski definition) is 4. The molecule has 0 heterocycles. The number of nitrogens with two attached hydrogens (primary N) is 1. The van der Waals surface area contributed by atoms with Crippen LogP contribution < -0.4 is 10.5 Å². The van der Waals surface area contributed by atoms with Crippen molar-refractivity contribution in [2.75, 3.05) is 12.3 Å². The number of aliphatic hydroxyl groups is 1. The zero-order valence-electron chi connectivity index (χ0n) is 10.3. The molecule has 1 aromatic carbocycles. The van der Waals surface area contributed by atoms with E-state index in [0.717, 1.165) is 12.1 Å². The number of halogens is 1. The normalized spacial score (nSPS) is 13.6. The highest BCUT2D eigenvalue weighted by atomic mass is 32.2. The van der Waals surface area contributed by atoms with Crippen LogP contribution >= 0.6 is 0 Å². The largest absolute Gasteiger partial charge is 0.398 e. The first kappa shape index (κ1) is 14.9. The Kier molecular flexibility index (Phi) is 4.66. The first-order valence-electron chi connectivity index (χ1n) is 5.50. The lowest BCUT2D eigenvalue weighted by Crippen LogP contribution is -2.37. The summed E-state index contributed by atoms with van der Waals surface area (Å²) in [6, 6.07) is 1.51. The summed E-state index contributed by atoms with van der Waals surface area (Å²) in [6.45, 7) is 2.95. The lowest BCUT2D eigenvalue weighted by Gasteiger charge is -2.15. The SMILES string of the molecule is CC[C@@H](CO)NS(=O)(=O)c1cc(N)c(C)cc1F. The van der Waals surface area contributed by atoms with Crippen molar-refractivity contribution in [3.8, 4) is 0 Å². The molecule has 4 N–H and O–H groups in total. The summed E-state index contributed by atoms with van der Waals surface area (Å²) in [5.74, 6) is -0.859. The number of nitrogen functional groups attached to an aromatic ring is 1. The van der Waals surface area contributed by atoms with Gasteiger partial charge in [-0.25, -0.2) is 17.5 Å². The van der Waals surface area contributed by atoms with Gasteiger partial charge in [-0.15, -0.1) is 0 Å². The van der Waals surface area contributed by atoms with E-state index in [-0.39, 0.29) is 12.3 Å². The number of hydrogen-bond donors (Lipinski definition) is 3. The van der Waals surface area contributed by atoms with Gasteiger partial charge in [-0.1, -0.05) is 6.92 Å². The van der Waals surface area contributed by atoms with E-state index < -0.39 is 26.8 Å². The summed E-state index contributed by atoms with van der Waals surface area (Å²) in [4.78, 5) is -0.502. The summed E-state index contributed by atoms with van der Waals surface area (Å²) in [7, 11) is -4.02. The summed E-state index contributed by atoms with van der Waals surface area (Å²) >= 11 is 0. The molecule has 0 saturated carbocycles. The summed E-state index contributed by atoms with van der Waals surface area (Å²) in [5, 5.41) is 8.96. The second-order valence-electron chi connectivity index (χ2n) is 4.05. The molecule has 1 aromatic rings. The molecular formula is C11H17FN2O3S. The van der Waals surface area contributed by atoms with Crippen LogP contribution in [0.3, 0.4) is 0 Å². The summed E-state index contributed by atoms with van der Waals surface area (Å²) in [5.41, 5.74) is 6.25. The molecular weight excluding hydrogens is 259 g/mol. The Morgan fingerprint density at radius 3 is 2.61 bits per heavy atom. The predicted octanol–water partition coefficient (Wildman–Crippen LogP) is 0.766. The van der Waals surface area contributed by atoms with Gasteiger partial charge in [0, 0.05) is 11.7 Å². The fraction of sp³-hybridized carbons (Fsp3) is 0.455. The van der Waals surface area contributed by atoms with Crippen molar-refractivity contribution >= 4 is 15.7 Å². The average Bonchev–Trinajstić information content (AvgIpc) is 2.30. The van der Waals surface area contributed by atoms with Crippen molar-refractivity contribution in [3.63, 3.8) is 0 Å². The molecule has 1 atom stereocenters. The van der Waals surface area contributed by atoms with E-state index in [1.807, 2.05) is 0 Å². The van der Waals surface area contributed by atoms with Gasteiger partial charge < -0.3 is 10.8 Å². The van der Waals surface area contributed by atoms with E-state index in [2.05, 4.69) is 4.72 Å². The molecule has 0 unspecified atom stereocenters. The third kappa shape index (κ3) is 3.18. The Bertz CT molecular complexity index is 527. The van der Waals surface area contributed by atoms with Gasteiger partial charge in [0.1, 0.15) is 10.7 Å². The van der Waals surface area contributed by atoms with Crippen LogP contribution in [0.1, 0.15) is 18.9 Å². The van der Waals surface area contributed by atoms with Gasteiger partial charge in [0.25, 0.3) is 0 Å². The average molecular weight is 276 g/mol. The number of benzene rings is 1. The van der Waals surface area contributed by atoms with Crippen LogP contribution in [-0.2, 0) is 10.0 Å². The van der Waals surface area contributed by atoms with Gasteiger partial charge in [0.2, 0.25) is 10.0 Å². The monoisotopic (exact) mass is 276 g/mol. The minimum atomic E-state index is -4.02. The third-order valence-corrected chi connectivity index (χ3v) is 4.18. The number of rotatable bonds is 5. The Labute approximate surface area is 106 Å². The molecule has 0 saturated heterocycles. The minimum absolute atomic E-state index is 0.203. The van der Waals surface area contributed by atoms with Crippen LogP contribution in [0.5, 0.6) is 0 Å². The fourth-order valence-corrected chi connectivity index (χ4v) is 2.81. The zero-order valence-corrected chi connectivity index (χ0v) is 11.1. The predicted molar refractivity (Wildman–Crippen MR) is 67.0 cm³/mol. The van der Waals surface area contributed by atoms with E-state index >= 15 is 0 Å². The van der Waals surface area contributed by atoms with Crippen molar-refractivity contribution in [2.45, 2.75) is 31.2 Å². The van der Waals surface area contributed by atoms with Crippen molar-refractivity contribution in [3.05, 3.63) is 23.5 Å². The molecule has 0 aliphatic heterocycles. The van der Waals surface area contributed by atoms with Crippen molar-refractivity contribution in [2.24, 2.45) is 0 Å². The molecule has 0 bridgehead atoms. The molecule has 0 fully saturated rings. The first-order valence-corrected chi connectivity index (χ1v) is 6.99. The van der Waals surface area contributed by atoms with E-state index in [1.54, 1.807) is 13.8 Å². The highest BCUT2D eigenvalue weighted by molar-refractivity contribution is 7.89. The van der Waals surface area contributed by atoms with Crippen LogP contribution in [0, 0.1) is 12.7 Å². The van der Waals surface area contributed by atoms with Crippen LogP contribution in [-0.4, -0.2) is 26.2 Å². The molecule has 5 nitrogen and oxygen atoms in total. The molecule has 1 rings (SSSR count). The molecule has 0 amide bonds. The fourth-order valence-electron chi connectivity index (χ4n) is 1.41. The zero-order chi connectivity index (χ0) is 13.9. The van der Waals surface area contributed by atoms with Gasteiger partial charge in [0.15, 0.2) is 0 Å². The van der Waals surface area contributed by atoms with E-state index in [9.17, 15) is 12.8 Å². The standard InChI is InChI=1S/C11H17FN2O3S/c1-3-8(6-15)14-18(16,17)11-5-10(13)7(2)4-9(11)12/h4-5,8,14-15H,3,6,13H2,1-2H3/t8-/m0/s1. The summed E-state index contributed by atoms with van der Waals surface area (Å²) < 4.78 is 39.7. The second-order valence-corrected chi connectivity index (χ2v) is 5.73. The van der Waals surface area contributed by atoms with Gasteiger partial charge in [-0.2, -0.15) is 0 Å². The first-order chi connectivity index (χ1) is 8.31.